The Morgan fingerprint density at radius 1 is 1.37 bits per heavy atom. The second-order valence-corrected chi connectivity index (χ2v) is 4.85. The predicted molar refractivity (Wildman–Crippen MR) is 81.5 cm³/mol. The number of nitrogen functional groups attached to an aromatic ring is 1. The van der Waals surface area contributed by atoms with Crippen LogP contribution in [0.4, 0.5) is 11.4 Å². The molecule has 1 unspecified atom stereocenters. The second kappa shape index (κ2) is 7.67. The van der Waals surface area contributed by atoms with Crippen LogP contribution in [0.3, 0.4) is 0 Å². The van der Waals surface area contributed by atoms with E-state index < -0.39 is 0 Å². The smallest absolute Gasteiger partial charge is 0.253 e. The largest absolute Gasteiger partial charge is 0.399 e. The van der Waals surface area contributed by atoms with E-state index in [1.165, 1.54) is 12.8 Å². The quantitative estimate of drug-likeness (QED) is 0.662. The summed E-state index contributed by atoms with van der Waals surface area (Å²) in [5, 5.41) is 6.20. The van der Waals surface area contributed by atoms with Gasteiger partial charge in [-0.15, -0.1) is 0 Å². The third-order valence-electron chi connectivity index (χ3n) is 3.02. The monoisotopic (exact) mass is 263 g/mol. The minimum Gasteiger partial charge on any atom is -0.399 e. The zero-order chi connectivity index (χ0) is 14.3. The fraction of sp³-hybridized carbons (Fsp3) is 0.533. The lowest BCUT2D eigenvalue weighted by Gasteiger charge is -2.18. The molecule has 1 atom stereocenters. The van der Waals surface area contributed by atoms with Crippen molar-refractivity contribution in [2.75, 3.05) is 17.6 Å². The molecule has 4 nitrogen and oxygen atoms in total. The fourth-order valence-corrected chi connectivity index (χ4v) is 1.98. The lowest BCUT2D eigenvalue weighted by molar-refractivity contribution is 0.0956. The Bertz CT molecular complexity index is 418. The Hall–Kier alpha value is -1.71. The summed E-state index contributed by atoms with van der Waals surface area (Å²) in [6.07, 6.45) is 3.43. The van der Waals surface area contributed by atoms with Crippen LogP contribution in [0.2, 0.25) is 0 Å². The van der Waals surface area contributed by atoms with Gasteiger partial charge in [0.25, 0.3) is 5.91 Å². The van der Waals surface area contributed by atoms with Gasteiger partial charge in [-0.25, -0.2) is 0 Å². The number of benzene rings is 1. The van der Waals surface area contributed by atoms with E-state index in [1.54, 1.807) is 12.1 Å². The van der Waals surface area contributed by atoms with Crippen LogP contribution in [-0.2, 0) is 0 Å². The Morgan fingerprint density at radius 2 is 2.11 bits per heavy atom. The molecule has 0 saturated carbocycles. The summed E-state index contributed by atoms with van der Waals surface area (Å²) in [5.41, 5.74) is 7.94. The highest BCUT2D eigenvalue weighted by atomic mass is 16.1. The SMILES string of the molecule is CCCCC(C)Nc1cc(N)ccc1C(=O)NCC. The average Bonchev–Trinajstić information content (AvgIpc) is 2.36. The molecule has 0 aromatic heterocycles. The number of amides is 1. The normalized spacial score (nSPS) is 11.9. The number of hydrogen-bond acceptors (Lipinski definition) is 3. The number of nitrogens with one attached hydrogen (secondary N) is 2. The first kappa shape index (κ1) is 15.3. The number of carbonyl (C=O) groups excluding carboxylic acids is 1. The van der Waals surface area contributed by atoms with Gasteiger partial charge in [0.15, 0.2) is 0 Å². The molecule has 0 radical (unpaired) electrons. The molecule has 4 N–H and O–H groups in total. The van der Waals surface area contributed by atoms with Crippen molar-refractivity contribution in [3.63, 3.8) is 0 Å². The van der Waals surface area contributed by atoms with Crippen molar-refractivity contribution < 1.29 is 4.79 Å². The molecule has 1 aromatic rings. The molecule has 4 heteroatoms. The number of rotatable bonds is 7. The highest BCUT2D eigenvalue weighted by Crippen LogP contribution is 2.21. The second-order valence-electron chi connectivity index (χ2n) is 4.85. The molecule has 0 aliphatic carbocycles. The summed E-state index contributed by atoms with van der Waals surface area (Å²) < 4.78 is 0. The van der Waals surface area contributed by atoms with Gasteiger partial charge in [-0.1, -0.05) is 19.8 Å². The minimum atomic E-state index is -0.0623. The Labute approximate surface area is 115 Å². The van der Waals surface area contributed by atoms with Crippen molar-refractivity contribution >= 4 is 17.3 Å². The van der Waals surface area contributed by atoms with Crippen LogP contribution in [0.1, 0.15) is 50.4 Å². The number of unbranched alkanes of at least 4 members (excludes halogenated alkanes) is 1. The van der Waals surface area contributed by atoms with Gasteiger partial charge in [0.2, 0.25) is 0 Å². The van der Waals surface area contributed by atoms with Crippen LogP contribution >= 0.6 is 0 Å². The highest BCUT2D eigenvalue weighted by molar-refractivity contribution is 6.00. The molecule has 0 saturated heterocycles. The lowest BCUT2D eigenvalue weighted by Crippen LogP contribution is -2.25. The molecule has 0 bridgehead atoms. The van der Waals surface area contributed by atoms with Gasteiger partial charge < -0.3 is 16.4 Å². The number of carbonyl (C=O) groups is 1. The maximum Gasteiger partial charge on any atom is 0.253 e. The fourth-order valence-electron chi connectivity index (χ4n) is 1.98. The molecule has 0 aliphatic heterocycles. The van der Waals surface area contributed by atoms with Gasteiger partial charge in [-0.3, -0.25) is 4.79 Å². The maximum absolute atomic E-state index is 12.0. The molecule has 0 spiro atoms. The third kappa shape index (κ3) is 4.81. The van der Waals surface area contributed by atoms with Gasteiger partial charge in [0, 0.05) is 24.0 Å². The summed E-state index contributed by atoms with van der Waals surface area (Å²) in [6, 6.07) is 5.68. The van der Waals surface area contributed by atoms with E-state index in [4.69, 9.17) is 5.73 Å². The van der Waals surface area contributed by atoms with Crippen LogP contribution < -0.4 is 16.4 Å². The van der Waals surface area contributed by atoms with Crippen LogP contribution in [0, 0.1) is 0 Å². The van der Waals surface area contributed by atoms with E-state index in [0.29, 0.717) is 23.8 Å². The summed E-state index contributed by atoms with van der Waals surface area (Å²) >= 11 is 0. The molecular weight excluding hydrogens is 238 g/mol. The van der Waals surface area contributed by atoms with Gasteiger partial charge in [-0.05, 0) is 38.5 Å². The Balaban J connectivity index is 2.84. The lowest BCUT2D eigenvalue weighted by atomic mass is 10.1. The van der Waals surface area contributed by atoms with Crippen molar-refractivity contribution in [2.24, 2.45) is 0 Å². The first-order valence-corrected chi connectivity index (χ1v) is 7.02. The maximum atomic E-state index is 12.0. The van der Waals surface area contributed by atoms with Crippen molar-refractivity contribution in [2.45, 2.75) is 46.1 Å². The number of anilines is 2. The van der Waals surface area contributed by atoms with Gasteiger partial charge >= 0.3 is 0 Å². The molecule has 0 aliphatic rings. The predicted octanol–water partition coefficient (Wildman–Crippen LogP) is 3.01. The van der Waals surface area contributed by atoms with Crippen LogP contribution in [0.5, 0.6) is 0 Å². The van der Waals surface area contributed by atoms with Crippen molar-refractivity contribution in [1.29, 1.82) is 0 Å². The molecule has 106 valence electrons. The summed E-state index contributed by atoms with van der Waals surface area (Å²) in [5.74, 6) is -0.0623. The van der Waals surface area contributed by atoms with E-state index in [0.717, 1.165) is 12.1 Å². The molecular formula is C15H25N3O. The van der Waals surface area contributed by atoms with Gasteiger partial charge in [-0.2, -0.15) is 0 Å². The van der Waals surface area contributed by atoms with Crippen LogP contribution in [0.25, 0.3) is 0 Å². The van der Waals surface area contributed by atoms with E-state index in [-0.39, 0.29) is 5.91 Å². The average molecular weight is 263 g/mol. The van der Waals surface area contributed by atoms with E-state index in [2.05, 4.69) is 24.5 Å². The zero-order valence-electron chi connectivity index (χ0n) is 12.1. The highest BCUT2D eigenvalue weighted by Gasteiger charge is 2.12. The standard InChI is InChI=1S/C15H25N3O/c1-4-6-7-11(3)18-14-10-12(16)8-9-13(14)15(19)17-5-2/h8-11,18H,4-7,16H2,1-3H3,(H,17,19). The topological polar surface area (TPSA) is 67.1 Å². The third-order valence-corrected chi connectivity index (χ3v) is 3.02. The Morgan fingerprint density at radius 3 is 2.74 bits per heavy atom. The van der Waals surface area contributed by atoms with Crippen LogP contribution in [0.15, 0.2) is 18.2 Å². The summed E-state index contributed by atoms with van der Waals surface area (Å²) in [7, 11) is 0. The zero-order valence-corrected chi connectivity index (χ0v) is 12.1. The Kier molecular flexibility index (Phi) is 6.19. The van der Waals surface area contributed by atoms with E-state index in [9.17, 15) is 4.79 Å². The van der Waals surface area contributed by atoms with Crippen molar-refractivity contribution in [1.82, 2.24) is 5.32 Å². The summed E-state index contributed by atoms with van der Waals surface area (Å²) in [6.45, 7) is 6.83. The first-order valence-electron chi connectivity index (χ1n) is 7.02. The number of nitrogens with two attached hydrogens (primary N) is 1. The number of hydrogen-bond donors (Lipinski definition) is 3. The van der Waals surface area contributed by atoms with E-state index in [1.807, 2.05) is 13.0 Å². The molecule has 0 fully saturated rings. The van der Waals surface area contributed by atoms with Crippen molar-refractivity contribution in [3.8, 4) is 0 Å². The summed E-state index contributed by atoms with van der Waals surface area (Å²) in [4.78, 5) is 12.0. The molecule has 1 aromatic carbocycles. The van der Waals surface area contributed by atoms with E-state index >= 15 is 0 Å². The van der Waals surface area contributed by atoms with Gasteiger partial charge in [0.1, 0.15) is 0 Å². The van der Waals surface area contributed by atoms with Gasteiger partial charge in [0.05, 0.1) is 5.56 Å². The molecule has 1 amide bonds. The van der Waals surface area contributed by atoms with Crippen LogP contribution in [-0.4, -0.2) is 18.5 Å². The molecule has 1 rings (SSSR count). The van der Waals surface area contributed by atoms with Crippen molar-refractivity contribution in [3.05, 3.63) is 23.8 Å². The minimum absolute atomic E-state index is 0.0623. The molecule has 19 heavy (non-hydrogen) atoms. The molecule has 0 heterocycles. The first-order chi connectivity index (χ1) is 9.08.